The molecule has 0 radical (unpaired) electrons. The molecule has 0 atom stereocenters. The van der Waals surface area contributed by atoms with Crippen molar-refractivity contribution in [3.8, 4) is 0 Å². The Morgan fingerprint density at radius 3 is 0.750 bits per heavy atom. The summed E-state index contributed by atoms with van der Waals surface area (Å²) >= 11 is 0. The average molecular weight is 122 g/mol. The molecule has 0 aromatic carbocycles. The Morgan fingerprint density at radius 1 is 0.750 bits per heavy atom. The van der Waals surface area contributed by atoms with Crippen molar-refractivity contribution in [2.45, 2.75) is 0 Å². The molecule has 0 fully saturated rings. The monoisotopic (exact) mass is 122 g/mol. The molecular weight excluding hydrogens is 120 g/mol. The van der Waals surface area contributed by atoms with Gasteiger partial charge >= 0.3 is 0 Å². The van der Waals surface area contributed by atoms with E-state index in [0.717, 1.165) is 0 Å². The van der Waals surface area contributed by atoms with Crippen LogP contribution in [-0.4, -0.2) is 10.0 Å². The molecule has 48 valence electrons. The average Bonchev–Trinajstić information content (AvgIpc) is 1.25. The summed E-state index contributed by atoms with van der Waals surface area (Å²) in [6.45, 7) is 0. The lowest BCUT2D eigenvalue weighted by Crippen LogP contribution is -1.74. The van der Waals surface area contributed by atoms with Crippen LogP contribution in [0.4, 0.5) is 0 Å². The molecule has 0 saturated carbocycles. The molecule has 0 saturated heterocycles. The first-order valence-electron chi connectivity index (χ1n) is 1.18. The molecule has 0 aliphatic rings. The minimum Gasteiger partial charge on any atom is -0.588 e. The molecule has 0 amide bonds. The van der Waals surface area contributed by atoms with Crippen LogP contribution in [0.3, 0.4) is 0 Å². The minimum atomic E-state index is -1.25. The maximum atomic E-state index is 8.47. The van der Waals surface area contributed by atoms with Crippen LogP contribution < -0.4 is 0 Å². The lowest BCUT2D eigenvalue weighted by Gasteiger charge is -1.88. The van der Waals surface area contributed by atoms with Crippen molar-refractivity contribution in [1.29, 1.82) is 11.1 Å². The van der Waals surface area contributed by atoms with E-state index in [2.05, 4.69) is 0 Å². The van der Waals surface area contributed by atoms with Gasteiger partial charge in [-0.05, 0) is 11.1 Å². The molecule has 0 aliphatic carbocycles. The van der Waals surface area contributed by atoms with Crippen LogP contribution in [0, 0.1) is 31.9 Å². The maximum Gasteiger partial charge on any atom is -0.0336 e. The first-order valence-corrected chi connectivity index (χ1v) is 1.18. The van der Waals surface area contributed by atoms with Gasteiger partial charge in [0.05, 0.1) is 0 Å². The molecule has 0 spiro atoms. The molecule has 0 aromatic rings. The minimum absolute atomic E-state index is 1.25. The predicted molar refractivity (Wildman–Crippen MR) is 19.4 cm³/mol. The number of hydrogen-bond acceptors (Lipinski definition) is 6. The fourth-order valence-corrected chi connectivity index (χ4v) is 0. The van der Waals surface area contributed by atoms with E-state index in [-0.39, 0.29) is 0 Å². The summed E-state index contributed by atoms with van der Waals surface area (Å²) in [5, 5.41) is 31.4. The molecule has 0 aromatic heterocycles. The van der Waals surface area contributed by atoms with Crippen molar-refractivity contribution in [2.75, 3.05) is 0 Å². The summed E-state index contributed by atoms with van der Waals surface area (Å²) in [7, 11) is 0. The van der Waals surface area contributed by atoms with Crippen LogP contribution in [0.25, 0.3) is 0 Å². The molecule has 8 heteroatoms. The Labute approximate surface area is 43.3 Å². The van der Waals surface area contributed by atoms with Gasteiger partial charge in [-0.3, -0.25) is 0 Å². The maximum absolute atomic E-state index is 8.47. The number of nitrogens with zero attached hydrogens (tertiary/aromatic N) is 2. The van der Waals surface area contributed by atoms with Crippen molar-refractivity contribution < 1.29 is 10.0 Å². The quantitative estimate of drug-likeness (QED) is 0.345. The molecular formula is H2N4O4-2. The van der Waals surface area contributed by atoms with Gasteiger partial charge in [0.15, 0.2) is 0 Å². The largest absolute Gasteiger partial charge is 0.588 e. The van der Waals surface area contributed by atoms with Gasteiger partial charge in [0.25, 0.3) is 0 Å². The first kappa shape index (κ1) is 9.64. The van der Waals surface area contributed by atoms with Gasteiger partial charge in [-0.25, -0.2) is 0 Å². The van der Waals surface area contributed by atoms with Crippen molar-refractivity contribution in [2.24, 2.45) is 0 Å². The van der Waals surface area contributed by atoms with Gasteiger partial charge in [0.2, 0.25) is 0 Å². The smallest absolute Gasteiger partial charge is 0.0336 e. The SMILES string of the molecule is N=[N+]([O-])[O-].N=[N+]([O-])[O-]. The third-order valence-corrected chi connectivity index (χ3v) is 0. The molecule has 0 aliphatic heterocycles. The van der Waals surface area contributed by atoms with Gasteiger partial charge in [-0.2, -0.15) is 0 Å². The second-order valence-electron chi connectivity index (χ2n) is 0.514. The zero-order valence-electron chi connectivity index (χ0n) is 3.53. The zero-order valence-corrected chi connectivity index (χ0v) is 3.53. The molecule has 2 N–H and O–H groups in total. The highest BCUT2D eigenvalue weighted by atomic mass is 16.8. The van der Waals surface area contributed by atoms with Crippen LogP contribution in [-0.2, 0) is 0 Å². The summed E-state index contributed by atoms with van der Waals surface area (Å²) in [4.78, 5) is 0. The zero-order chi connectivity index (χ0) is 7.15. The second-order valence-corrected chi connectivity index (χ2v) is 0.514. The van der Waals surface area contributed by atoms with E-state index >= 15 is 0 Å². The molecule has 0 bridgehead atoms. The fourth-order valence-electron chi connectivity index (χ4n) is 0. The van der Waals surface area contributed by atoms with E-state index in [0.29, 0.717) is 0 Å². The Bertz CT molecular complexity index is 66.0. The van der Waals surface area contributed by atoms with Gasteiger partial charge in [0.1, 0.15) is 0 Å². The van der Waals surface area contributed by atoms with E-state index in [1.54, 1.807) is 0 Å². The lowest BCUT2D eigenvalue weighted by atomic mass is 12.9. The van der Waals surface area contributed by atoms with E-state index in [4.69, 9.17) is 31.9 Å². The molecule has 8 heavy (non-hydrogen) atoms. The molecule has 0 rings (SSSR count). The number of rotatable bonds is 0. The van der Waals surface area contributed by atoms with Crippen LogP contribution >= 0.6 is 0 Å². The Morgan fingerprint density at radius 2 is 0.750 bits per heavy atom. The summed E-state index contributed by atoms with van der Waals surface area (Å²) in [5.74, 6) is 0. The van der Waals surface area contributed by atoms with Crippen LogP contribution in [0.5, 0.6) is 0 Å². The molecule has 0 unspecified atom stereocenters. The highest BCUT2D eigenvalue weighted by Gasteiger charge is 1.34. The molecule has 8 nitrogen and oxygen atoms in total. The van der Waals surface area contributed by atoms with E-state index < -0.39 is 10.0 Å². The summed E-state index contributed by atoms with van der Waals surface area (Å²) in [5.41, 5.74) is 10.6. The van der Waals surface area contributed by atoms with Crippen LogP contribution in [0.1, 0.15) is 0 Å². The second kappa shape index (κ2) is 5.40. The third-order valence-electron chi connectivity index (χ3n) is 0. The topological polar surface area (TPSA) is 146 Å². The standard InChI is InChI=1S/2HN2O2/c2*1-2(3)4/h2*(H-,1,3,4)/q2*-1. The Balaban J connectivity index is 0. The van der Waals surface area contributed by atoms with Crippen LogP contribution in [0.15, 0.2) is 0 Å². The van der Waals surface area contributed by atoms with Crippen molar-refractivity contribution in [3.63, 3.8) is 0 Å². The normalized spacial score (nSPS) is 6.00. The van der Waals surface area contributed by atoms with Crippen molar-refractivity contribution in [1.82, 2.24) is 0 Å². The molecule has 0 heterocycles. The van der Waals surface area contributed by atoms with Gasteiger partial charge in [-0.15, -0.1) is 0 Å². The number of hydrogen-bond donors (Lipinski definition) is 2. The summed E-state index contributed by atoms with van der Waals surface area (Å²) in [6, 6.07) is 0. The predicted octanol–water partition coefficient (Wildman–Crippen LogP) is 0.0509. The van der Waals surface area contributed by atoms with E-state index in [9.17, 15) is 0 Å². The van der Waals surface area contributed by atoms with Crippen molar-refractivity contribution in [3.05, 3.63) is 20.8 Å². The van der Waals surface area contributed by atoms with E-state index in [1.807, 2.05) is 0 Å². The third kappa shape index (κ3) is 19.9. The Kier molecular flexibility index (Phi) is 6.51. The van der Waals surface area contributed by atoms with E-state index in [1.165, 1.54) is 0 Å². The first-order chi connectivity index (χ1) is 3.46. The summed E-state index contributed by atoms with van der Waals surface area (Å²) < 4.78 is 0. The van der Waals surface area contributed by atoms with Gasteiger partial charge < -0.3 is 20.8 Å². The highest BCUT2D eigenvalue weighted by Crippen LogP contribution is 1.45. The highest BCUT2D eigenvalue weighted by molar-refractivity contribution is 3.95. The number of nitrogens with one attached hydrogen (secondary N) is 2. The van der Waals surface area contributed by atoms with Crippen molar-refractivity contribution >= 4 is 0 Å². The van der Waals surface area contributed by atoms with Crippen LogP contribution in [0.2, 0.25) is 0 Å². The summed E-state index contributed by atoms with van der Waals surface area (Å²) in [6.07, 6.45) is 0. The fraction of sp³-hybridized carbons (Fsp3) is 0. The lowest BCUT2D eigenvalue weighted by molar-refractivity contribution is -0.482. The van der Waals surface area contributed by atoms with Gasteiger partial charge in [-0.1, -0.05) is 10.0 Å². The van der Waals surface area contributed by atoms with Gasteiger partial charge in [0, 0.05) is 0 Å². The Hall–Kier alpha value is -1.60.